The minimum absolute atomic E-state index is 0.0118. The lowest BCUT2D eigenvalue weighted by atomic mass is 9.63. The molecule has 0 spiro atoms. The third kappa shape index (κ3) is 4.19. The van der Waals surface area contributed by atoms with Gasteiger partial charge in [0.2, 0.25) is 0 Å². The second-order valence-corrected chi connectivity index (χ2v) is 11.5. The Bertz CT molecular complexity index is 1530. The van der Waals surface area contributed by atoms with Crippen LogP contribution in [0.4, 0.5) is 0 Å². The van der Waals surface area contributed by atoms with Crippen molar-refractivity contribution in [2.45, 2.75) is 37.5 Å². The van der Waals surface area contributed by atoms with Crippen molar-refractivity contribution in [3.05, 3.63) is 178 Å². The molecule has 0 saturated heterocycles. The summed E-state index contributed by atoms with van der Waals surface area (Å²) in [6, 6.07) is 44.8. The van der Waals surface area contributed by atoms with Gasteiger partial charge in [-0.2, -0.15) is 0 Å². The van der Waals surface area contributed by atoms with Gasteiger partial charge in [0.15, 0.2) is 0 Å². The van der Waals surface area contributed by atoms with E-state index in [1.165, 1.54) is 16.7 Å². The van der Waals surface area contributed by atoms with Crippen molar-refractivity contribution in [2.75, 3.05) is 0 Å². The maximum absolute atomic E-state index is 12.5. The summed E-state index contributed by atoms with van der Waals surface area (Å²) in [6.45, 7) is 6.75. The first-order valence-electron chi connectivity index (χ1n) is 13.7. The number of hydrogen-bond acceptors (Lipinski definition) is 1. The van der Waals surface area contributed by atoms with E-state index in [0.717, 1.165) is 27.8 Å². The number of fused-ring (bicyclic) bond motifs is 1. The second-order valence-electron chi connectivity index (χ2n) is 11.5. The Morgan fingerprint density at radius 1 is 0.538 bits per heavy atom. The fraction of sp³-hybridized carbons (Fsp3) is 0.158. The molecule has 0 aliphatic heterocycles. The molecule has 0 aromatic heterocycles. The van der Waals surface area contributed by atoms with Gasteiger partial charge in [0.25, 0.3) is 0 Å². The van der Waals surface area contributed by atoms with Crippen LogP contribution < -0.4 is 0 Å². The van der Waals surface area contributed by atoms with E-state index in [4.69, 9.17) is 0 Å². The molecule has 1 aliphatic carbocycles. The highest BCUT2D eigenvalue weighted by molar-refractivity contribution is 5.70. The van der Waals surface area contributed by atoms with E-state index < -0.39 is 5.41 Å². The van der Waals surface area contributed by atoms with Crippen LogP contribution in [0.3, 0.4) is 0 Å². The maximum atomic E-state index is 12.5. The molecule has 1 atom stereocenters. The Morgan fingerprint density at radius 2 is 1.03 bits per heavy atom. The van der Waals surface area contributed by atoms with Crippen molar-refractivity contribution < 1.29 is 5.11 Å². The molecule has 1 nitrogen and oxygen atoms in total. The molecule has 5 aromatic rings. The standard InChI is InChI=1S/C38H34O/c1-37(2,3)31-25-34(33-24-23-27-15-13-14-22-32(27)33)36(39)35(26-31)38(28-16-7-4-8-17-28,29-18-9-5-10-19-29)30-20-11-6-12-21-30/h4-26,33,39H,1-3H3. The number of aromatic hydroxyl groups is 1. The van der Waals surface area contributed by atoms with E-state index in [2.05, 4.69) is 160 Å². The molecule has 6 rings (SSSR count). The molecule has 1 N–H and O–H groups in total. The summed E-state index contributed by atoms with van der Waals surface area (Å²) in [5.41, 5.74) is 8.04. The molecule has 0 bridgehead atoms. The average molecular weight is 507 g/mol. The third-order valence-electron chi connectivity index (χ3n) is 8.16. The SMILES string of the molecule is CC(C)(C)c1cc(C2C=Cc3ccccc32)c(O)c(C(c2ccccc2)(c2ccccc2)c2ccccc2)c1. The van der Waals surface area contributed by atoms with E-state index in [-0.39, 0.29) is 11.3 Å². The van der Waals surface area contributed by atoms with E-state index in [0.29, 0.717) is 5.75 Å². The van der Waals surface area contributed by atoms with Crippen molar-refractivity contribution in [1.82, 2.24) is 0 Å². The van der Waals surface area contributed by atoms with Gasteiger partial charge in [0.05, 0.1) is 5.41 Å². The summed E-state index contributed by atoms with van der Waals surface area (Å²) in [5, 5.41) is 12.5. The largest absolute Gasteiger partial charge is 0.507 e. The van der Waals surface area contributed by atoms with Gasteiger partial charge in [-0.15, -0.1) is 0 Å². The Hall–Kier alpha value is -4.36. The molecule has 0 saturated carbocycles. The summed E-state index contributed by atoms with van der Waals surface area (Å²) in [7, 11) is 0. The molecule has 39 heavy (non-hydrogen) atoms. The van der Waals surface area contributed by atoms with Crippen LogP contribution in [0.1, 0.15) is 71.2 Å². The number of hydrogen-bond donors (Lipinski definition) is 1. The zero-order valence-corrected chi connectivity index (χ0v) is 22.8. The molecule has 0 amide bonds. The topological polar surface area (TPSA) is 20.2 Å². The smallest absolute Gasteiger partial charge is 0.124 e. The number of rotatable bonds is 5. The highest BCUT2D eigenvalue weighted by Crippen LogP contribution is 2.52. The quantitative estimate of drug-likeness (QED) is 0.236. The van der Waals surface area contributed by atoms with E-state index in [1.807, 2.05) is 0 Å². The van der Waals surface area contributed by atoms with Crippen LogP contribution >= 0.6 is 0 Å². The van der Waals surface area contributed by atoms with Gasteiger partial charge in [0.1, 0.15) is 5.75 Å². The Labute approximate surface area is 232 Å². The van der Waals surface area contributed by atoms with Crippen LogP contribution in [-0.2, 0) is 10.8 Å². The summed E-state index contributed by atoms with van der Waals surface area (Å²) in [6.07, 6.45) is 4.41. The van der Waals surface area contributed by atoms with E-state index in [1.54, 1.807) is 0 Å². The van der Waals surface area contributed by atoms with Crippen molar-refractivity contribution in [3.8, 4) is 5.75 Å². The molecule has 0 radical (unpaired) electrons. The minimum Gasteiger partial charge on any atom is -0.507 e. The summed E-state index contributed by atoms with van der Waals surface area (Å²) in [5.74, 6) is 0.341. The van der Waals surface area contributed by atoms with Crippen molar-refractivity contribution in [1.29, 1.82) is 0 Å². The zero-order chi connectivity index (χ0) is 27.0. The van der Waals surface area contributed by atoms with Crippen molar-refractivity contribution >= 4 is 6.08 Å². The Kier molecular flexibility index (Phi) is 6.23. The Morgan fingerprint density at radius 3 is 1.54 bits per heavy atom. The molecular formula is C38H34O. The maximum Gasteiger partial charge on any atom is 0.124 e. The normalized spacial score (nSPS) is 14.8. The number of benzene rings is 5. The summed E-state index contributed by atoms with van der Waals surface area (Å²) >= 11 is 0. The first kappa shape index (κ1) is 24.9. The molecule has 192 valence electrons. The lowest BCUT2D eigenvalue weighted by Gasteiger charge is -2.39. The highest BCUT2D eigenvalue weighted by atomic mass is 16.3. The number of phenols is 1. The van der Waals surface area contributed by atoms with Crippen molar-refractivity contribution in [2.24, 2.45) is 0 Å². The average Bonchev–Trinajstić information content (AvgIpc) is 3.39. The summed E-state index contributed by atoms with van der Waals surface area (Å²) in [4.78, 5) is 0. The second kappa shape index (κ2) is 9.75. The summed E-state index contributed by atoms with van der Waals surface area (Å²) < 4.78 is 0. The van der Waals surface area contributed by atoms with Crippen LogP contribution in [0.25, 0.3) is 6.08 Å². The molecule has 5 aromatic carbocycles. The molecular weight excluding hydrogens is 472 g/mol. The Balaban J connectivity index is 1.75. The number of phenolic OH excluding ortho intramolecular Hbond substituents is 1. The first-order valence-corrected chi connectivity index (χ1v) is 13.7. The van der Waals surface area contributed by atoms with Crippen LogP contribution in [0.2, 0.25) is 0 Å². The third-order valence-corrected chi connectivity index (χ3v) is 8.16. The lowest BCUT2D eigenvalue weighted by molar-refractivity contribution is 0.451. The van der Waals surface area contributed by atoms with Crippen LogP contribution in [0.5, 0.6) is 5.75 Å². The van der Waals surface area contributed by atoms with Gasteiger partial charge in [-0.25, -0.2) is 0 Å². The zero-order valence-electron chi connectivity index (χ0n) is 22.8. The van der Waals surface area contributed by atoms with Crippen LogP contribution in [0.15, 0.2) is 133 Å². The molecule has 1 aliphatic rings. The lowest BCUT2D eigenvalue weighted by Crippen LogP contribution is -2.32. The minimum atomic E-state index is -0.717. The number of allylic oxidation sites excluding steroid dienone is 1. The fourth-order valence-corrected chi connectivity index (χ4v) is 6.16. The fourth-order valence-electron chi connectivity index (χ4n) is 6.16. The molecule has 0 heterocycles. The van der Waals surface area contributed by atoms with Crippen molar-refractivity contribution in [3.63, 3.8) is 0 Å². The molecule has 1 heteroatoms. The molecule has 0 fully saturated rings. The predicted molar refractivity (Wildman–Crippen MR) is 162 cm³/mol. The van der Waals surface area contributed by atoms with Gasteiger partial charge in [-0.05, 0) is 44.9 Å². The van der Waals surface area contributed by atoms with E-state index in [9.17, 15) is 5.11 Å². The van der Waals surface area contributed by atoms with Gasteiger partial charge < -0.3 is 5.11 Å². The van der Waals surface area contributed by atoms with Crippen LogP contribution in [-0.4, -0.2) is 5.11 Å². The first-order chi connectivity index (χ1) is 18.9. The highest BCUT2D eigenvalue weighted by Gasteiger charge is 2.42. The molecule has 1 unspecified atom stereocenters. The monoisotopic (exact) mass is 506 g/mol. The van der Waals surface area contributed by atoms with Gasteiger partial charge in [-0.3, -0.25) is 0 Å². The van der Waals surface area contributed by atoms with Gasteiger partial charge in [-0.1, -0.05) is 154 Å². The van der Waals surface area contributed by atoms with Gasteiger partial charge in [0, 0.05) is 17.0 Å². The van der Waals surface area contributed by atoms with E-state index >= 15 is 0 Å². The van der Waals surface area contributed by atoms with Crippen LogP contribution in [0, 0.1) is 0 Å². The predicted octanol–water partition coefficient (Wildman–Crippen LogP) is 9.23. The van der Waals surface area contributed by atoms with Gasteiger partial charge >= 0.3 is 0 Å².